The summed E-state index contributed by atoms with van der Waals surface area (Å²) in [7, 11) is 0. The Hall–Kier alpha value is -3.65. The van der Waals surface area contributed by atoms with Crippen LogP contribution < -0.4 is 16.8 Å². The Balaban J connectivity index is 2.18. The second-order valence-corrected chi connectivity index (χ2v) is 5.61. The molecule has 4 N–H and O–H groups in total. The highest BCUT2D eigenvalue weighted by atomic mass is 16.5. The van der Waals surface area contributed by atoms with E-state index in [1.54, 1.807) is 55.5 Å². The minimum absolute atomic E-state index is 0.0770. The zero-order valence-electron chi connectivity index (χ0n) is 14.6. The van der Waals surface area contributed by atoms with Crippen molar-refractivity contribution < 1.29 is 14.3 Å². The van der Waals surface area contributed by atoms with Gasteiger partial charge in [0.15, 0.2) is 5.56 Å². The molecule has 0 bridgehead atoms. The maximum absolute atomic E-state index is 12.5. The average Bonchev–Trinajstić information content (AvgIpc) is 3.05. The number of amides is 1. The first-order valence-electron chi connectivity index (χ1n) is 8.25. The zero-order valence-corrected chi connectivity index (χ0v) is 14.6. The van der Waals surface area contributed by atoms with Crippen molar-refractivity contribution in [1.29, 1.82) is 0 Å². The van der Waals surface area contributed by atoms with Crippen LogP contribution in [0.25, 0.3) is 16.9 Å². The topological polar surface area (TPSA) is 119 Å². The molecule has 0 spiro atoms. The van der Waals surface area contributed by atoms with Gasteiger partial charge in [-0.05, 0) is 31.2 Å². The van der Waals surface area contributed by atoms with Crippen molar-refractivity contribution in [2.45, 2.75) is 6.92 Å². The molecule has 0 aliphatic rings. The minimum Gasteiger partial charge on any atom is -0.462 e. The van der Waals surface area contributed by atoms with Crippen molar-refractivity contribution in [2.24, 2.45) is 5.84 Å². The predicted octanol–water partition coefficient (Wildman–Crippen LogP) is 1.61. The minimum atomic E-state index is -0.699. The lowest BCUT2D eigenvalue weighted by Gasteiger charge is -2.11. The third-order valence-corrected chi connectivity index (χ3v) is 3.95. The number of carbonyl (C=O) groups excluding carboxylic acids is 2. The molecular weight excluding hydrogens is 348 g/mol. The first kappa shape index (κ1) is 18.2. The number of esters is 1. The highest BCUT2D eigenvalue weighted by Crippen LogP contribution is 2.25. The molecular formula is C19H18N4O4. The number of nitrogens with one attached hydrogen (secondary N) is 2. The summed E-state index contributed by atoms with van der Waals surface area (Å²) in [6, 6.07) is 15.4. The van der Waals surface area contributed by atoms with E-state index in [1.165, 1.54) is 4.68 Å². The van der Waals surface area contributed by atoms with Gasteiger partial charge in [-0.3, -0.25) is 24.8 Å². The van der Waals surface area contributed by atoms with Gasteiger partial charge in [0.25, 0.3) is 11.5 Å². The highest BCUT2D eigenvalue weighted by molar-refractivity contribution is 5.96. The molecule has 2 aromatic carbocycles. The predicted molar refractivity (Wildman–Crippen MR) is 99.4 cm³/mol. The summed E-state index contributed by atoms with van der Waals surface area (Å²) in [6.45, 7) is 1.83. The molecule has 0 atom stereocenters. The number of hydrogen-bond acceptors (Lipinski definition) is 5. The molecule has 0 unspecified atom stereocenters. The number of nitrogen functional groups attached to an aromatic ring is 1. The van der Waals surface area contributed by atoms with Gasteiger partial charge >= 0.3 is 5.97 Å². The van der Waals surface area contributed by atoms with Gasteiger partial charge in [-0.1, -0.05) is 30.3 Å². The fraction of sp³-hybridized carbons (Fsp3) is 0.105. The van der Waals surface area contributed by atoms with Crippen LogP contribution in [-0.4, -0.2) is 28.3 Å². The molecule has 138 valence electrons. The number of rotatable bonds is 5. The normalized spacial score (nSPS) is 10.4. The van der Waals surface area contributed by atoms with E-state index in [9.17, 15) is 14.4 Å². The molecule has 27 heavy (non-hydrogen) atoms. The molecule has 1 amide bonds. The number of ether oxygens (including phenoxy) is 1. The molecule has 1 heterocycles. The van der Waals surface area contributed by atoms with E-state index < -0.39 is 17.4 Å². The lowest BCUT2D eigenvalue weighted by atomic mass is 10.1. The van der Waals surface area contributed by atoms with Gasteiger partial charge in [0, 0.05) is 11.1 Å². The molecule has 0 fully saturated rings. The van der Waals surface area contributed by atoms with Crippen LogP contribution in [0.15, 0.2) is 59.4 Å². The van der Waals surface area contributed by atoms with Crippen molar-refractivity contribution in [3.8, 4) is 16.9 Å². The lowest BCUT2D eigenvalue weighted by molar-refractivity contribution is 0.0525. The maximum atomic E-state index is 12.5. The molecule has 1 aromatic heterocycles. The fourth-order valence-electron chi connectivity index (χ4n) is 2.73. The van der Waals surface area contributed by atoms with Crippen LogP contribution in [0.5, 0.6) is 0 Å². The van der Waals surface area contributed by atoms with Gasteiger partial charge in [-0.15, -0.1) is 0 Å². The summed E-state index contributed by atoms with van der Waals surface area (Å²) >= 11 is 0. The summed E-state index contributed by atoms with van der Waals surface area (Å²) in [5, 5.41) is 2.67. The van der Waals surface area contributed by atoms with E-state index in [-0.39, 0.29) is 12.2 Å². The number of hydrazine groups is 1. The van der Waals surface area contributed by atoms with Crippen LogP contribution in [0, 0.1) is 0 Å². The number of nitrogens with zero attached hydrogens (tertiary/aromatic N) is 1. The summed E-state index contributed by atoms with van der Waals surface area (Å²) in [6.07, 6.45) is 0. The Morgan fingerprint density at radius 2 is 1.78 bits per heavy atom. The molecule has 0 radical (unpaired) electrons. The highest BCUT2D eigenvalue weighted by Gasteiger charge is 2.24. The second kappa shape index (κ2) is 7.71. The van der Waals surface area contributed by atoms with Gasteiger partial charge in [0.1, 0.15) is 0 Å². The maximum Gasteiger partial charge on any atom is 0.346 e. The smallest absolute Gasteiger partial charge is 0.346 e. The molecule has 0 aliphatic carbocycles. The molecule has 3 rings (SSSR count). The van der Waals surface area contributed by atoms with Crippen molar-refractivity contribution >= 4 is 11.9 Å². The summed E-state index contributed by atoms with van der Waals surface area (Å²) in [5.41, 5.74) is 3.40. The lowest BCUT2D eigenvalue weighted by Crippen LogP contribution is -2.29. The molecule has 8 nitrogen and oxygen atoms in total. The number of H-pyrrole nitrogens is 1. The van der Waals surface area contributed by atoms with Crippen molar-refractivity contribution in [3.05, 3.63) is 76.1 Å². The molecule has 8 heteroatoms. The van der Waals surface area contributed by atoms with Crippen molar-refractivity contribution in [2.75, 3.05) is 6.61 Å². The van der Waals surface area contributed by atoms with Crippen molar-refractivity contribution in [1.82, 2.24) is 15.2 Å². The third-order valence-electron chi connectivity index (χ3n) is 3.95. The Labute approximate surface area is 154 Å². The first-order chi connectivity index (χ1) is 13.1. The second-order valence-electron chi connectivity index (χ2n) is 5.61. The van der Waals surface area contributed by atoms with E-state index in [0.717, 1.165) is 0 Å². The zero-order chi connectivity index (χ0) is 19.4. The number of benzene rings is 2. The fourth-order valence-corrected chi connectivity index (χ4v) is 2.73. The van der Waals surface area contributed by atoms with Gasteiger partial charge < -0.3 is 4.74 Å². The summed E-state index contributed by atoms with van der Waals surface area (Å²) in [4.78, 5) is 36.5. The number of hydrogen-bond donors (Lipinski definition) is 3. The summed E-state index contributed by atoms with van der Waals surface area (Å²) in [5.74, 6) is 4.00. The standard InChI is InChI=1S/C19H18N4O4/c1-2-27-19(26)15-16(12-6-4-3-5-7-12)23(22-18(15)25)14-10-8-13(9-11-14)17(24)21-20/h3-11H,2,20H2,1H3,(H,21,24)(H,22,25). The van der Waals surface area contributed by atoms with Gasteiger partial charge in [-0.2, -0.15) is 0 Å². The Kier molecular flexibility index (Phi) is 5.18. The van der Waals surface area contributed by atoms with Gasteiger partial charge in [-0.25, -0.2) is 10.6 Å². The van der Waals surface area contributed by atoms with E-state index in [2.05, 4.69) is 10.5 Å². The number of aromatic nitrogens is 2. The monoisotopic (exact) mass is 366 g/mol. The first-order valence-corrected chi connectivity index (χ1v) is 8.25. The number of aromatic amines is 1. The third kappa shape index (κ3) is 3.51. The quantitative estimate of drug-likeness (QED) is 0.274. The van der Waals surface area contributed by atoms with Crippen LogP contribution in [0.3, 0.4) is 0 Å². The van der Waals surface area contributed by atoms with Crippen LogP contribution >= 0.6 is 0 Å². The molecule has 0 saturated carbocycles. The Bertz CT molecular complexity index is 1020. The van der Waals surface area contributed by atoms with Crippen LogP contribution in [0.1, 0.15) is 27.6 Å². The molecule has 0 saturated heterocycles. The number of nitrogens with two attached hydrogens (primary N) is 1. The number of carbonyl (C=O) groups is 2. The Morgan fingerprint density at radius 3 is 2.37 bits per heavy atom. The summed E-state index contributed by atoms with van der Waals surface area (Å²) < 4.78 is 6.54. The van der Waals surface area contributed by atoms with Crippen LogP contribution in [0.2, 0.25) is 0 Å². The van der Waals surface area contributed by atoms with E-state index in [1.807, 2.05) is 6.07 Å². The van der Waals surface area contributed by atoms with E-state index in [0.29, 0.717) is 22.5 Å². The van der Waals surface area contributed by atoms with E-state index in [4.69, 9.17) is 10.6 Å². The largest absolute Gasteiger partial charge is 0.462 e. The van der Waals surface area contributed by atoms with Crippen LogP contribution in [0.4, 0.5) is 0 Å². The molecule has 3 aromatic rings. The van der Waals surface area contributed by atoms with Gasteiger partial charge in [0.2, 0.25) is 0 Å². The van der Waals surface area contributed by atoms with Crippen LogP contribution in [-0.2, 0) is 4.74 Å². The van der Waals surface area contributed by atoms with E-state index >= 15 is 0 Å². The van der Waals surface area contributed by atoms with Gasteiger partial charge in [0.05, 0.1) is 18.0 Å². The SMILES string of the molecule is CCOC(=O)c1c(-c2ccccc2)n(-c2ccc(C(=O)NN)cc2)[nH]c1=O. The Morgan fingerprint density at radius 1 is 1.11 bits per heavy atom. The molecule has 0 aliphatic heterocycles. The average molecular weight is 366 g/mol. The van der Waals surface area contributed by atoms with Crippen molar-refractivity contribution in [3.63, 3.8) is 0 Å².